The second-order valence-corrected chi connectivity index (χ2v) is 5.12. The number of aldehydes is 1. The van der Waals surface area contributed by atoms with Gasteiger partial charge in [-0.15, -0.1) is 0 Å². The maximum Gasteiger partial charge on any atom is 0.235 e. The molecule has 1 aliphatic carbocycles. The standard InChI is InChI=1S/C15H15NO4/c17-9-11-3-4-12(15(16-10-18)5-1-6-15)14-13(11)19-7-2-8-20-14/h3-4,9H,1-2,5-8H2. The zero-order chi connectivity index (χ0) is 14.0. The van der Waals surface area contributed by atoms with Gasteiger partial charge in [-0.05, 0) is 25.3 Å². The van der Waals surface area contributed by atoms with Gasteiger partial charge < -0.3 is 9.47 Å². The van der Waals surface area contributed by atoms with Gasteiger partial charge in [0.05, 0.1) is 18.8 Å². The molecule has 1 heterocycles. The van der Waals surface area contributed by atoms with E-state index in [2.05, 4.69) is 4.99 Å². The molecule has 3 rings (SSSR count). The fraction of sp³-hybridized carbons (Fsp3) is 0.467. The number of aliphatic imine (C=N–C) groups is 1. The molecular formula is C15H15NO4. The summed E-state index contributed by atoms with van der Waals surface area (Å²) < 4.78 is 11.4. The van der Waals surface area contributed by atoms with Gasteiger partial charge in [0, 0.05) is 12.0 Å². The topological polar surface area (TPSA) is 65.0 Å². The second-order valence-electron chi connectivity index (χ2n) is 5.12. The third-order valence-corrected chi connectivity index (χ3v) is 3.99. The third kappa shape index (κ3) is 1.91. The van der Waals surface area contributed by atoms with Crippen LogP contribution in [0.3, 0.4) is 0 Å². The number of benzene rings is 1. The van der Waals surface area contributed by atoms with E-state index in [1.807, 2.05) is 6.07 Å². The van der Waals surface area contributed by atoms with Crippen molar-refractivity contribution in [1.29, 1.82) is 0 Å². The summed E-state index contributed by atoms with van der Waals surface area (Å²) in [6.07, 6.45) is 5.78. The maximum atomic E-state index is 11.1. The first-order chi connectivity index (χ1) is 9.80. The number of hydrogen-bond donors (Lipinski definition) is 0. The Hall–Kier alpha value is -2.13. The molecule has 0 saturated heterocycles. The predicted molar refractivity (Wildman–Crippen MR) is 71.1 cm³/mol. The largest absolute Gasteiger partial charge is 0.489 e. The van der Waals surface area contributed by atoms with Crippen LogP contribution in [0.25, 0.3) is 0 Å². The van der Waals surface area contributed by atoms with E-state index in [1.54, 1.807) is 12.1 Å². The van der Waals surface area contributed by atoms with E-state index in [1.165, 1.54) is 0 Å². The average Bonchev–Trinajstić information content (AvgIpc) is 2.68. The Morgan fingerprint density at radius 3 is 2.50 bits per heavy atom. The third-order valence-electron chi connectivity index (χ3n) is 3.99. The summed E-state index contributed by atoms with van der Waals surface area (Å²) in [6, 6.07) is 3.52. The van der Waals surface area contributed by atoms with Crippen molar-refractivity contribution >= 4 is 12.4 Å². The van der Waals surface area contributed by atoms with Gasteiger partial charge in [0.25, 0.3) is 0 Å². The molecule has 1 fully saturated rings. The second kappa shape index (κ2) is 5.10. The van der Waals surface area contributed by atoms with E-state index >= 15 is 0 Å². The number of isocyanates is 1. The smallest absolute Gasteiger partial charge is 0.235 e. The Labute approximate surface area is 116 Å². The van der Waals surface area contributed by atoms with Crippen molar-refractivity contribution in [3.05, 3.63) is 23.3 Å². The molecule has 5 nitrogen and oxygen atoms in total. The Morgan fingerprint density at radius 2 is 1.90 bits per heavy atom. The summed E-state index contributed by atoms with van der Waals surface area (Å²) in [4.78, 5) is 25.9. The summed E-state index contributed by atoms with van der Waals surface area (Å²) in [5.41, 5.74) is 0.742. The Morgan fingerprint density at radius 1 is 1.15 bits per heavy atom. The van der Waals surface area contributed by atoms with Crippen molar-refractivity contribution in [2.24, 2.45) is 4.99 Å². The molecule has 0 bridgehead atoms. The normalized spacial score (nSPS) is 19.2. The number of ether oxygens (including phenoxy) is 2. The Balaban J connectivity index is 2.16. The maximum absolute atomic E-state index is 11.1. The molecule has 104 valence electrons. The fourth-order valence-corrected chi connectivity index (χ4v) is 2.78. The van der Waals surface area contributed by atoms with E-state index in [9.17, 15) is 9.59 Å². The van der Waals surface area contributed by atoms with E-state index in [0.29, 0.717) is 30.3 Å². The highest BCUT2D eigenvalue weighted by Crippen LogP contribution is 2.51. The molecule has 0 N–H and O–H groups in total. The van der Waals surface area contributed by atoms with Crippen LogP contribution >= 0.6 is 0 Å². The van der Waals surface area contributed by atoms with Gasteiger partial charge in [-0.1, -0.05) is 6.07 Å². The van der Waals surface area contributed by atoms with Crippen LogP contribution in [0.1, 0.15) is 41.6 Å². The van der Waals surface area contributed by atoms with Gasteiger partial charge in [-0.3, -0.25) is 4.79 Å². The minimum Gasteiger partial charge on any atom is -0.489 e. The van der Waals surface area contributed by atoms with E-state index in [0.717, 1.165) is 37.5 Å². The van der Waals surface area contributed by atoms with Gasteiger partial charge in [-0.25, -0.2) is 4.79 Å². The van der Waals surface area contributed by atoms with Crippen LogP contribution in [-0.4, -0.2) is 25.6 Å². The van der Waals surface area contributed by atoms with E-state index < -0.39 is 5.54 Å². The molecule has 0 atom stereocenters. The first-order valence-corrected chi connectivity index (χ1v) is 6.78. The van der Waals surface area contributed by atoms with Crippen molar-refractivity contribution in [3.63, 3.8) is 0 Å². The van der Waals surface area contributed by atoms with Gasteiger partial charge in [0.2, 0.25) is 6.08 Å². The highest BCUT2D eigenvalue weighted by atomic mass is 16.5. The molecule has 0 radical (unpaired) electrons. The average molecular weight is 273 g/mol. The number of carbonyl (C=O) groups is 1. The van der Waals surface area contributed by atoms with Crippen LogP contribution in [0.2, 0.25) is 0 Å². The molecule has 1 saturated carbocycles. The minimum atomic E-state index is -0.555. The summed E-state index contributed by atoms with van der Waals surface area (Å²) in [7, 11) is 0. The molecule has 0 amide bonds. The quantitative estimate of drug-likeness (QED) is 0.482. The van der Waals surface area contributed by atoms with Crippen LogP contribution in [0, 0.1) is 0 Å². The van der Waals surface area contributed by atoms with Gasteiger partial charge in [0.1, 0.15) is 5.54 Å². The summed E-state index contributed by atoms with van der Waals surface area (Å²) in [5.74, 6) is 1.04. The van der Waals surface area contributed by atoms with Crippen LogP contribution in [-0.2, 0) is 10.3 Å². The lowest BCUT2D eigenvalue weighted by atomic mass is 9.72. The molecule has 1 aromatic carbocycles. The molecule has 1 aliphatic heterocycles. The number of carbonyl (C=O) groups excluding carboxylic acids is 2. The van der Waals surface area contributed by atoms with Gasteiger partial charge in [-0.2, -0.15) is 4.99 Å². The summed E-state index contributed by atoms with van der Waals surface area (Å²) >= 11 is 0. The minimum absolute atomic E-state index is 0.468. The molecule has 20 heavy (non-hydrogen) atoms. The van der Waals surface area contributed by atoms with Crippen molar-refractivity contribution in [2.45, 2.75) is 31.2 Å². The fourth-order valence-electron chi connectivity index (χ4n) is 2.78. The van der Waals surface area contributed by atoms with Crippen LogP contribution in [0.15, 0.2) is 17.1 Å². The SMILES string of the molecule is O=C=NC1(c2ccc(C=O)c3c2OCCCO3)CCC1. The molecule has 5 heteroatoms. The number of hydrogen-bond acceptors (Lipinski definition) is 5. The Kier molecular flexibility index (Phi) is 3.28. The van der Waals surface area contributed by atoms with Crippen molar-refractivity contribution in [3.8, 4) is 11.5 Å². The van der Waals surface area contributed by atoms with Crippen molar-refractivity contribution in [2.75, 3.05) is 13.2 Å². The molecule has 0 unspecified atom stereocenters. The van der Waals surface area contributed by atoms with Crippen LogP contribution in [0.5, 0.6) is 11.5 Å². The monoisotopic (exact) mass is 273 g/mol. The van der Waals surface area contributed by atoms with Gasteiger partial charge in [0.15, 0.2) is 17.8 Å². The van der Waals surface area contributed by atoms with Crippen LogP contribution in [0.4, 0.5) is 0 Å². The lowest BCUT2D eigenvalue weighted by molar-refractivity contribution is 0.111. The molecule has 0 aromatic heterocycles. The lowest BCUT2D eigenvalue weighted by Crippen LogP contribution is -2.32. The first kappa shape index (κ1) is 12.9. The number of fused-ring (bicyclic) bond motifs is 1. The van der Waals surface area contributed by atoms with Crippen molar-refractivity contribution in [1.82, 2.24) is 0 Å². The lowest BCUT2D eigenvalue weighted by Gasteiger charge is -2.38. The predicted octanol–water partition coefficient (Wildman–Crippen LogP) is 2.38. The van der Waals surface area contributed by atoms with Crippen molar-refractivity contribution < 1.29 is 19.1 Å². The summed E-state index contributed by atoms with van der Waals surface area (Å²) in [5, 5.41) is 0. The van der Waals surface area contributed by atoms with Gasteiger partial charge >= 0.3 is 0 Å². The molecule has 1 aromatic rings. The van der Waals surface area contributed by atoms with E-state index in [4.69, 9.17) is 9.47 Å². The van der Waals surface area contributed by atoms with Crippen LogP contribution < -0.4 is 9.47 Å². The zero-order valence-electron chi connectivity index (χ0n) is 11.1. The molecule has 0 spiro atoms. The number of nitrogens with zero attached hydrogens (tertiary/aromatic N) is 1. The number of rotatable bonds is 3. The highest BCUT2D eigenvalue weighted by Gasteiger charge is 2.42. The van der Waals surface area contributed by atoms with E-state index in [-0.39, 0.29) is 0 Å². The Bertz CT molecular complexity index is 586. The molecule has 2 aliphatic rings. The zero-order valence-corrected chi connectivity index (χ0v) is 11.1. The highest BCUT2D eigenvalue weighted by molar-refractivity contribution is 5.82. The summed E-state index contributed by atoms with van der Waals surface area (Å²) in [6.45, 7) is 1.05. The first-order valence-electron chi connectivity index (χ1n) is 6.78. The molecular weight excluding hydrogens is 258 g/mol.